The van der Waals surface area contributed by atoms with Crippen LogP contribution in [0.25, 0.3) is 0 Å². The molecule has 0 aliphatic carbocycles. The smallest absolute Gasteiger partial charge is 0.356 e. The first-order chi connectivity index (χ1) is 5.52. The Bertz CT molecular complexity index is 336. The standard InChI is InChI=1S/C8H8ClNO2/c1-4-3-6(9)7(8(11)12)10-5(4)2/h3H,1-2H3,(H,11,12). The molecule has 0 fully saturated rings. The lowest BCUT2D eigenvalue weighted by atomic mass is 10.2. The number of rotatable bonds is 1. The van der Waals surface area contributed by atoms with E-state index in [0.717, 1.165) is 5.56 Å². The molecule has 64 valence electrons. The maximum absolute atomic E-state index is 10.5. The Morgan fingerprint density at radius 3 is 2.67 bits per heavy atom. The van der Waals surface area contributed by atoms with Crippen molar-refractivity contribution in [3.8, 4) is 0 Å². The lowest BCUT2D eigenvalue weighted by Crippen LogP contribution is -2.03. The number of nitrogens with zero attached hydrogens (tertiary/aromatic N) is 1. The number of hydrogen-bond acceptors (Lipinski definition) is 2. The van der Waals surface area contributed by atoms with Crippen LogP contribution in [0, 0.1) is 13.8 Å². The molecule has 3 nitrogen and oxygen atoms in total. The zero-order valence-corrected chi connectivity index (χ0v) is 7.51. The van der Waals surface area contributed by atoms with Gasteiger partial charge in [-0.2, -0.15) is 0 Å². The molecule has 0 saturated heterocycles. The molecule has 1 heterocycles. The van der Waals surface area contributed by atoms with Crippen molar-refractivity contribution < 1.29 is 9.90 Å². The van der Waals surface area contributed by atoms with Crippen LogP contribution in [0.15, 0.2) is 6.07 Å². The van der Waals surface area contributed by atoms with Crippen molar-refractivity contribution in [2.75, 3.05) is 0 Å². The predicted molar refractivity (Wildman–Crippen MR) is 45.7 cm³/mol. The monoisotopic (exact) mass is 185 g/mol. The largest absolute Gasteiger partial charge is 0.476 e. The summed E-state index contributed by atoms with van der Waals surface area (Å²) in [6.07, 6.45) is 0. The van der Waals surface area contributed by atoms with Crippen molar-refractivity contribution in [1.82, 2.24) is 4.98 Å². The number of aromatic nitrogens is 1. The van der Waals surface area contributed by atoms with E-state index in [2.05, 4.69) is 4.98 Å². The molecule has 0 aliphatic rings. The minimum atomic E-state index is -1.09. The van der Waals surface area contributed by atoms with E-state index in [0.29, 0.717) is 5.69 Å². The molecule has 0 radical (unpaired) electrons. The van der Waals surface area contributed by atoms with E-state index < -0.39 is 5.97 Å². The topological polar surface area (TPSA) is 50.2 Å². The molecule has 0 aliphatic heterocycles. The Kier molecular flexibility index (Phi) is 2.33. The highest BCUT2D eigenvalue weighted by Crippen LogP contribution is 2.17. The normalized spacial score (nSPS) is 9.92. The number of carboxylic acid groups (broad SMARTS) is 1. The van der Waals surface area contributed by atoms with E-state index in [4.69, 9.17) is 16.7 Å². The summed E-state index contributed by atoms with van der Waals surface area (Å²) in [5.74, 6) is -1.09. The summed E-state index contributed by atoms with van der Waals surface area (Å²) in [7, 11) is 0. The van der Waals surface area contributed by atoms with Crippen LogP contribution >= 0.6 is 11.6 Å². The zero-order chi connectivity index (χ0) is 9.30. The number of aromatic carboxylic acids is 1. The van der Waals surface area contributed by atoms with Crippen LogP contribution in [0.4, 0.5) is 0 Å². The van der Waals surface area contributed by atoms with Crippen molar-refractivity contribution in [2.24, 2.45) is 0 Å². The van der Waals surface area contributed by atoms with E-state index in [-0.39, 0.29) is 10.7 Å². The zero-order valence-electron chi connectivity index (χ0n) is 6.76. The van der Waals surface area contributed by atoms with E-state index in [1.54, 1.807) is 13.0 Å². The summed E-state index contributed by atoms with van der Waals surface area (Å²) >= 11 is 5.65. The van der Waals surface area contributed by atoms with Crippen molar-refractivity contribution in [3.05, 3.63) is 28.0 Å². The Morgan fingerprint density at radius 1 is 1.58 bits per heavy atom. The highest BCUT2D eigenvalue weighted by atomic mass is 35.5. The van der Waals surface area contributed by atoms with Crippen molar-refractivity contribution in [3.63, 3.8) is 0 Å². The number of carboxylic acids is 1. The van der Waals surface area contributed by atoms with Crippen LogP contribution in [-0.2, 0) is 0 Å². The molecule has 1 aromatic rings. The highest BCUT2D eigenvalue weighted by molar-refractivity contribution is 6.33. The highest BCUT2D eigenvalue weighted by Gasteiger charge is 2.11. The molecule has 1 aromatic heterocycles. The second-order valence-corrected chi connectivity index (χ2v) is 2.93. The maximum Gasteiger partial charge on any atom is 0.356 e. The summed E-state index contributed by atoms with van der Waals surface area (Å²) in [6, 6.07) is 1.60. The minimum Gasteiger partial charge on any atom is -0.476 e. The molecule has 4 heteroatoms. The fourth-order valence-electron chi connectivity index (χ4n) is 0.822. The number of aryl methyl sites for hydroxylation is 2. The molecule has 0 atom stereocenters. The molecule has 0 saturated carbocycles. The van der Waals surface area contributed by atoms with E-state index in [1.807, 2.05) is 6.92 Å². The van der Waals surface area contributed by atoms with Crippen molar-refractivity contribution >= 4 is 17.6 Å². The third-order valence-corrected chi connectivity index (χ3v) is 1.91. The summed E-state index contributed by atoms with van der Waals surface area (Å²) < 4.78 is 0. The first-order valence-corrected chi connectivity index (χ1v) is 3.77. The lowest BCUT2D eigenvalue weighted by molar-refractivity contribution is 0.0690. The third-order valence-electron chi connectivity index (χ3n) is 1.62. The molecule has 0 amide bonds. The SMILES string of the molecule is Cc1cc(Cl)c(C(=O)O)nc1C. The van der Waals surface area contributed by atoms with E-state index in [9.17, 15) is 4.79 Å². The van der Waals surface area contributed by atoms with Gasteiger partial charge in [-0.3, -0.25) is 0 Å². The maximum atomic E-state index is 10.5. The lowest BCUT2D eigenvalue weighted by Gasteiger charge is -2.02. The first-order valence-electron chi connectivity index (χ1n) is 3.39. The fourth-order valence-corrected chi connectivity index (χ4v) is 1.11. The van der Waals surface area contributed by atoms with Crippen LogP contribution in [0.2, 0.25) is 5.02 Å². The van der Waals surface area contributed by atoms with Gasteiger partial charge in [0.25, 0.3) is 0 Å². The van der Waals surface area contributed by atoms with Gasteiger partial charge < -0.3 is 5.11 Å². The Morgan fingerprint density at radius 2 is 2.17 bits per heavy atom. The molecule has 0 bridgehead atoms. The van der Waals surface area contributed by atoms with Gasteiger partial charge in [-0.15, -0.1) is 0 Å². The first kappa shape index (κ1) is 9.00. The predicted octanol–water partition coefficient (Wildman–Crippen LogP) is 2.05. The second-order valence-electron chi connectivity index (χ2n) is 2.53. The summed E-state index contributed by atoms with van der Waals surface area (Å²) in [5.41, 5.74) is 1.50. The minimum absolute atomic E-state index is 0.0835. The Balaban J connectivity index is 3.33. The summed E-state index contributed by atoms with van der Waals surface area (Å²) in [5, 5.41) is 8.82. The fraction of sp³-hybridized carbons (Fsp3) is 0.250. The Labute approximate surface area is 75.0 Å². The van der Waals surface area contributed by atoms with Gasteiger partial charge in [-0.05, 0) is 25.5 Å². The van der Waals surface area contributed by atoms with Crippen LogP contribution in [-0.4, -0.2) is 16.1 Å². The van der Waals surface area contributed by atoms with Crippen LogP contribution in [0.3, 0.4) is 0 Å². The number of halogens is 1. The summed E-state index contributed by atoms with van der Waals surface area (Å²) in [4.78, 5) is 14.4. The third kappa shape index (κ3) is 1.56. The quantitative estimate of drug-likeness (QED) is 0.729. The van der Waals surface area contributed by atoms with Crippen molar-refractivity contribution in [1.29, 1.82) is 0 Å². The molecular formula is C8H8ClNO2. The van der Waals surface area contributed by atoms with Gasteiger partial charge in [0.1, 0.15) is 0 Å². The van der Waals surface area contributed by atoms with Gasteiger partial charge >= 0.3 is 5.97 Å². The van der Waals surface area contributed by atoms with Crippen LogP contribution in [0.5, 0.6) is 0 Å². The Hall–Kier alpha value is -1.09. The van der Waals surface area contributed by atoms with Gasteiger partial charge in [0, 0.05) is 5.69 Å². The van der Waals surface area contributed by atoms with E-state index in [1.165, 1.54) is 0 Å². The molecule has 1 rings (SSSR count). The van der Waals surface area contributed by atoms with Gasteiger partial charge in [0.15, 0.2) is 5.69 Å². The number of pyridine rings is 1. The van der Waals surface area contributed by atoms with E-state index >= 15 is 0 Å². The molecule has 0 unspecified atom stereocenters. The van der Waals surface area contributed by atoms with Gasteiger partial charge in [0.2, 0.25) is 0 Å². The van der Waals surface area contributed by atoms with Crippen LogP contribution in [0.1, 0.15) is 21.7 Å². The van der Waals surface area contributed by atoms with Gasteiger partial charge in [0.05, 0.1) is 5.02 Å². The molecular weight excluding hydrogens is 178 g/mol. The molecule has 0 aromatic carbocycles. The number of carbonyl (C=O) groups is 1. The van der Waals surface area contributed by atoms with Crippen molar-refractivity contribution in [2.45, 2.75) is 13.8 Å². The molecule has 1 N–H and O–H groups in total. The van der Waals surface area contributed by atoms with Gasteiger partial charge in [-0.25, -0.2) is 9.78 Å². The number of hydrogen-bond donors (Lipinski definition) is 1. The average molecular weight is 186 g/mol. The van der Waals surface area contributed by atoms with Crippen LogP contribution < -0.4 is 0 Å². The second kappa shape index (κ2) is 3.11. The van der Waals surface area contributed by atoms with Gasteiger partial charge in [-0.1, -0.05) is 11.6 Å². The summed E-state index contributed by atoms with van der Waals surface area (Å²) in [6.45, 7) is 3.58. The molecule has 0 spiro atoms. The average Bonchev–Trinajstić information content (AvgIpc) is 1.96. The molecule has 12 heavy (non-hydrogen) atoms.